The van der Waals surface area contributed by atoms with Crippen LogP contribution in [0.4, 0.5) is 5.82 Å². The van der Waals surface area contributed by atoms with Crippen LogP contribution in [0.25, 0.3) is 39.1 Å². The maximum absolute atomic E-state index is 6.79. The molecule has 0 aliphatic heterocycles. The van der Waals surface area contributed by atoms with Crippen LogP contribution in [0.3, 0.4) is 0 Å². The second kappa shape index (κ2) is 8.89. The van der Waals surface area contributed by atoms with Gasteiger partial charge in [0.05, 0.1) is 23.9 Å². The fourth-order valence-corrected chi connectivity index (χ4v) is 4.44. The largest absolute Gasteiger partial charge is 0.497 e. The van der Waals surface area contributed by atoms with Crippen LogP contribution < -0.4 is 10.5 Å². The van der Waals surface area contributed by atoms with E-state index in [-0.39, 0.29) is 0 Å². The molecule has 5 aromatic rings. The zero-order chi connectivity index (χ0) is 23.8. The molecule has 0 amide bonds. The van der Waals surface area contributed by atoms with E-state index in [1.54, 1.807) is 11.7 Å². The number of hydrogen-bond acceptors (Lipinski definition) is 5. The summed E-state index contributed by atoms with van der Waals surface area (Å²) < 4.78 is 7.45. The molecule has 2 heterocycles. The summed E-state index contributed by atoms with van der Waals surface area (Å²) in [7, 11) is 1.64. The van der Waals surface area contributed by atoms with Crippen LogP contribution >= 0.6 is 23.8 Å². The Morgan fingerprint density at radius 1 is 0.912 bits per heavy atom. The fraction of sp³-hybridized carbons (Fsp3) is 0.0741. The molecule has 7 heteroatoms. The van der Waals surface area contributed by atoms with Crippen molar-refractivity contribution in [2.45, 2.75) is 6.92 Å². The number of fused-ring (bicyclic) bond motifs is 1. The Kier molecular flexibility index (Phi) is 5.77. The van der Waals surface area contributed by atoms with E-state index in [0.717, 1.165) is 44.8 Å². The Morgan fingerprint density at radius 3 is 2.26 bits per heavy atom. The van der Waals surface area contributed by atoms with Crippen molar-refractivity contribution < 1.29 is 4.74 Å². The topological polar surface area (TPSA) is 66.0 Å². The van der Waals surface area contributed by atoms with Crippen LogP contribution in [0.5, 0.6) is 5.75 Å². The molecular weight excluding hydrogens is 464 g/mol. The van der Waals surface area contributed by atoms with Crippen molar-refractivity contribution >= 4 is 40.7 Å². The lowest BCUT2D eigenvalue weighted by atomic mass is 9.99. The Morgan fingerprint density at radius 2 is 1.59 bits per heavy atom. The highest BCUT2D eigenvalue weighted by Gasteiger charge is 2.18. The van der Waals surface area contributed by atoms with E-state index in [1.807, 2.05) is 85.8 Å². The molecule has 0 bridgehead atoms. The third-order valence-corrected chi connectivity index (χ3v) is 6.31. The number of aryl methyl sites for hydroxylation is 1. The van der Waals surface area contributed by atoms with Gasteiger partial charge in [-0.2, -0.15) is 4.98 Å². The smallest absolute Gasteiger partial charge is 0.207 e. The van der Waals surface area contributed by atoms with Crippen molar-refractivity contribution in [2.24, 2.45) is 0 Å². The Labute approximate surface area is 207 Å². The third-order valence-electron chi connectivity index (χ3n) is 5.79. The predicted molar refractivity (Wildman–Crippen MR) is 141 cm³/mol. The maximum atomic E-state index is 6.79. The van der Waals surface area contributed by atoms with Crippen molar-refractivity contribution in [2.75, 3.05) is 12.8 Å². The van der Waals surface area contributed by atoms with Crippen LogP contribution in [0, 0.1) is 11.7 Å². The van der Waals surface area contributed by atoms with Crippen molar-refractivity contribution in [1.29, 1.82) is 0 Å². The molecule has 0 spiro atoms. The highest BCUT2D eigenvalue weighted by atomic mass is 35.5. The number of aromatic nitrogens is 3. The number of hydrogen-bond donors (Lipinski definition) is 1. The lowest BCUT2D eigenvalue weighted by Gasteiger charge is -2.18. The van der Waals surface area contributed by atoms with E-state index in [0.29, 0.717) is 21.3 Å². The zero-order valence-electron chi connectivity index (χ0n) is 18.6. The summed E-state index contributed by atoms with van der Waals surface area (Å²) in [6.45, 7) is 2.02. The van der Waals surface area contributed by atoms with Gasteiger partial charge in [-0.05, 0) is 84.4 Å². The van der Waals surface area contributed by atoms with Gasteiger partial charge in [0.1, 0.15) is 11.6 Å². The van der Waals surface area contributed by atoms with Gasteiger partial charge < -0.3 is 10.5 Å². The SMILES string of the molecule is COc1ccc(-c2cc(-c3ccc(Cl)cc3)c3c(N)n(-c4ccccc4C)c(=S)nc3n2)cc1. The fourth-order valence-electron chi connectivity index (χ4n) is 4.03. The standard InChI is InChI=1S/C27H21ClN4OS/c1-16-5-3-4-6-23(16)32-25(29)24-21(17-7-11-19(28)12-8-17)15-22(30-26(24)31-27(32)34)18-9-13-20(33-2)14-10-18/h3-15H,29H2,1-2H3. The molecule has 0 radical (unpaired) electrons. The number of pyridine rings is 1. The van der Waals surface area contributed by atoms with E-state index in [9.17, 15) is 0 Å². The number of halogens is 1. The highest BCUT2D eigenvalue weighted by molar-refractivity contribution is 7.71. The molecule has 5 nitrogen and oxygen atoms in total. The number of benzene rings is 3. The van der Waals surface area contributed by atoms with Crippen LogP contribution in [-0.4, -0.2) is 21.6 Å². The molecule has 2 aromatic heterocycles. The summed E-state index contributed by atoms with van der Waals surface area (Å²) in [5.41, 5.74) is 12.8. The molecule has 2 N–H and O–H groups in total. The molecule has 168 valence electrons. The third kappa shape index (κ3) is 3.91. The molecule has 5 rings (SSSR count). The van der Waals surface area contributed by atoms with E-state index in [1.165, 1.54) is 0 Å². The number of nitrogens with zero attached hydrogens (tertiary/aromatic N) is 3. The van der Waals surface area contributed by atoms with Gasteiger partial charge in [-0.1, -0.05) is 41.9 Å². The van der Waals surface area contributed by atoms with Gasteiger partial charge in [0.15, 0.2) is 5.65 Å². The first-order valence-electron chi connectivity index (χ1n) is 10.7. The number of rotatable bonds is 4. The van der Waals surface area contributed by atoms with E-state index in [4.69, 9.17) is 44.3 Å². The number of nitrogens with two attached hydrogens (primary N) is 1. The van der Waals surface area contributed by atoms with Gasteiger partial charge in [0.2, 0.25) is 4.77 Å². The van der Waals surface area contributed by atoms with Crippen LogP contribution in [0.1, 0.15) is 5.56 Å². The van der Waals surface area contributed by atoms with Gasteiger partial charge in [-0.3, -0.25) is 4.57 Å². The molecule has 0 fully saturated rings. The molecule has 0 saturated heterocycles. The minimum Gasteiger partial charge on any atom is -0.497 e. The molecule has 0 saturated carbocycles. The highest BCUT2D eigenvalue weighted by Crippen LogP contribution is 2.36. The zero-order valence-corrected chi connectivity index (χ0v) is 20.2. The second-order valence-electron chi connectivity index (χ2n) is 7.89. The van der Waals surface area contributed by atoms with E-state index in [2.05, 4.69) is 0 Å². The summed E-state index contributed by atoms with van der Waals surface area (Å²) in [6, 6.07) is 25.4. The van der Waals surface area contributed by atoms with E-state index >= 15 is 0 Å². The van der Waals surface area contributed by atoms with Crippen molar-refractivity contribution in [3.05, 3.63) is 94.2 Å². The van der Waals surface area contributed by atoms with Crippen molar-refractivity contribution in [3.8, 4) is 33.8 Å². The molecule has 34 heavy (non-hydrogen) atoms. The average molecular weight is 485 g/mol. The summed E-state index contributed by atoms with van der Waals surface area (Å²) in [4.78, 5) is 9.56. The summed E-state index contributed by atoms with van der Waals surface area (Å²) in [6.07, 6.45) is 0. The number of para-hydroxylation sites is 1. The number of ether oxygens (including phenoxy) is 1. The van der Waals surface area contributed by atoms with Crippen LogP contribution in [0.2, 0.25) is 5.02 Å². The quantitative estimate of drug-likeness (QED) is 0.277. The molecule has 0 aliphatic carbocycles. The Balaban J connectivity index is 1.84. The maximum Gasteiger partial charge on any atom is 0.207 e. The molecule has 3 aromatic carbocycles. The summed E-state index contributed by atoms with van der Waals surface area (Å²) in [5, 5.41) is 1.39. The summed E-state index contributed by atoms with van der Waals surface area (Å²) in [5.74, 6) is 1.26. The van der Waals surface area contributed by atoms with Crippen molar-refractivity contribution in [1.82, 2.24) is 14.5 Å². The minimum absolute atomic E-state index is 0.348. The van der Waals surface area contributed by atoms with Gasteiger partial charge >= 0.3 is 0 Å². The second-order valence-corrected chi connectivity index (χ2v) is 8.69. The molecule has 0 unspecified atom stereocenters. The minimum atomic E-state index is 0.348. The van der Waals surface area contributed by atoms with Gasteiger partial charge in [0, 0.05) is 10.6 Å². The first-order valence-corrected chi connectivity index (χ1v) is 11.4. The van der Waals surface area contributed by atoms with E-state index < -0.39 is 0 Å². The van der Waals surface area contributed by atoms with Crippen molar-refractivity contribution in [3.63, 3.8) is 0 Å². The lowest BCUT2D eigenvalue weighted by Crippen LogP contribution is -2.10. The van der Waals surface area contributed by atoms with Gasteiger partial charge in [-0.25, -0.2) is 4.98 Å². The monoisotopic (exact) mass is 484 g/mol. The molecule has 0 aliphatic rings. The van der Waals surface area contributed by atoms with Gasteiger partial charge in [0.25, 0.3) is 0 Å². The Bertz CT molecular complexity index is 1580. The number of anilines is 1. The summed E-state index contributed by atoms with van der Waals surface area (Å²) >= 11 is 11.8. The predicted octanol–water partition coefficient (Wildman–Crippen LogP) is 7.04. The van der Waals surface area contributed by atoms with Crippen LogP contribution in [-0.2, 0) is 0 Å². The number of nitrogen functional groups attached to an aromatic ring is 1. The Hall–Kier alpha value is -3.74. The normalized spacial score (nSPS) is 11.0. The average Bonchev–Trinajstić information content (AvgIpc) is 2.85. The first kappa shape index (κ1) is 22.1. The first-order chi connectivity index (χ1) is 16.5. The lowest BCUT2D eigenvalue weighted by molar-refractivity contribution is 0.415. The molecular formula is C27H21ClN4OS. The molecule has 0 atom stereocenters. The number of methoxy groups -OCH3 is 1. The van der Waals surface area contributed by atoms with Gasteiger partial charge in [-0.15, -0.1) is 0 Å². The van der Waals surface area contributed by atoms with Crippen LogP contribution in [0.15, 0.2) is 78.9 Å².